The van der Waals surface area contributed by atoms with E-state index in [1.54, 1.807) is 12.1 Å². The predicted octanol–water partition coefficient (Wildman–Crippen LogP) is 3.00. The van der Waals surface area contributed by atoms with Crippen LogP contribution in [0.15, 0.2) is 29.2 Å². The molecule has 0 saturated carbocycles. The van der Waals surface area contributed by atoms with Gasteiger partial charge in [0.1, 0.15) is 0 Å². The molecule has 0 aromatic heterocycles. The van der Waals surface area contributed by atoms with Gasteiger partial charge < -0.3 is 20.4 Å². The van der Waals surface area contributed by atoms with E-state index < -0.39 is 5.51 Å². The predicted molar refractivity (Wildman–Crippen MR) is 106 cm³/mol. The highest BCUT2D eigenvalue weighted by Crippen LogP contribution is 2.37. The molecule has 3 rings (SSSR count). The number of rotatable bonds is 6. The topological polar surface area (TPSA) is 47.6 Å². The molecule has 0 unspecified atom stereocenters. The van der Waals surface area contributed by atoms with Crippen molar-refractivity contribution in [3.05, 3.63) is 24.3 Å². The Morgan fingerprint density at radius 1 is 1.11 bits per heavy atom. The van der Waals surface area contributed by atoms with E-state index >= 15 is 0 Å². The highest BCUT2D eigenvalue weighted by molar-refractivity contribution is 8.00. The van der Waals surface area contributed by atoms with Crippen LogP contribution < -0.4 is 10.6 Å². The summed E-state index contributed by atoms with van der Waals surface area (Å²) in [6.07, 6.45) is 2.26. The Balaban J connectivity index is 1.38. The molecule has 2 N–H and O–H groups in total. The summed E-state index contributed by atoms with van der Waals surface area (Å²) in [6.45, 7) is 6.24. The number of piperazine rings is 1. The quantitative estimate of drug-likeness (QED) is 0.699. The maximum absolute atomic E-state index is 12.4. The smallest absolute Gasteiger partial charge is 0.382 e. The number of benzene rings is 1. The molecule has 5 nitrogen and oxygen atoms in total. The van der Waals surface area contributed by atoms with Gasteiger partial charge in [-0.3, -0.25) is 4.79 Å². The van der Waals surface area contributed by atoms with Crippen molar-refractivity contribution in [2.24, 2.45) is 0 Å². The van der Waals surface area contributed by atoms with E-state index in [4.69, 9.17) is 0 Å². The average molecular weight is 417 g/mol. The number of amides is 1. The van der Waals surface area contributed by atoms with Crippen LogP contribution in [0.3, 0.4) is 0 Å². The fourth-order valence-corrected chi connectivity index (χ4v) is 4.15. The van der Waals surface area contributed by atoms with Gasteiger partial charge in [0.2, 0.25) is 5.91 Å². The van der Waals surface area contributed by atoms with Crippen LogP contribution in [0.4, 0.5) is 18.9 Å². The number of nitrogens with zero attached hydrogens (tertiary/aromatic N) is 2. The Kier molecular flexibility index (Phi) is 7.48. The minimum absolute atomic E-state index is 0.105. The van der Waals surface area contributed by atoms with Crippen molar-refractivity contribution in [3.8, 4) is 0 Å². The van der Waals surface area contributed by atoms with Gasteiger partial charge in [0.25, 0.3) is 0 Å². The van der Waals surface area contributed by atoms with E-state index in [0.29, 0.717) is 6.42 Å². The summed E-state index contributed by atoms with van der Waals surface area (Å²) >= 11 is -0.105. The summed E-state index contributed by atoms with van der Waals surface area (Å²) in [7, 11) is 0. The highest BCUT2D eigenvalue weighted by atomic mass is 32.2. The van der Waals surface area contributed by atoms with E-state index in [9.17, 15) is 18.0 Å². The van der Waals surface area contributed by atoms with Crippen molar-refractivity contribution in [3.63, 3.8) is 0 Å². The second-order valence-electron chi connectivity index (χ2n) is 7.21. The van der Waals surface area contributed by atoms with E-state index in [1.807, 2.05) is 4.90 Å². The van der Waals surface area contributed by atoms with E-state index in [1.165, 1.54) is 12.1 Å². The molecule has 2 aliphatic heterocycles. The van der Waals surface area contributed by atoms with Crippen LogP contribution in [-0.4, -0.2) is 73.1 Å². The average Bonchev–Trinajstić information content (AvgIpc) is 2.68. The molecule has 2 heterocycles. The molecule has 1 aromatic carbocycles. The minimum Gasteiger partial charge on any atom is -0.382 e. The SMILES string of the molecule is O=C(CCN1CCNCC1)N1CCC(Nc2ccc(SC(F)(F)F)cc2)CC1. The molecule has 0 bridgehead atoms. The van der Waals surface area contributed by atoms with Gasteiger partial charge >= 0.3 is 5.51 Å². The van der Waals surface area contributed by atoms with Crippen molar-refractivity contribution >= 4 is 23.4 Å². The molecule has 0 aliphatic carbocycles. The number of hydrogen-bond donors (Lipinski definition) is 2. The van der Waals surface area contributed by atoms with Crippen molar-refractivity contribution in [2.75, 3.05) is 51.1 Å². The molecule has 1 aromatic rings. The maximum atomic E-state index is 12.4. The zero-order valence-corrected chi connectivity index (χ0v) is 16.6. The lowest BCUT2D eigenvalue weighted by Gasteiger charge is -2.34. The number of alkyl halides is 3. The summed E-state index contributed by atoms with van der Waals surface area (Å²) in [5.41, 5.74) is -3.45. The number of likely N-dealkylation sites (tertiary alicyclic amines) is 1. The van der Waals surface area contributed by atoms with Crippen LogP contribution in [0.25, 0.3) is 0 Å². The van der Waals surface area contributed by atoms with Crippen LogP contribution in [0.2, 0.25) is 0 Å². The van der Waals surface area contributed by atoms with Crippen molar-refractivity contribution in [1.29, 1.82) is 0 Å². The Morgan fingerprint density at radius 2 is 1.75 bits per heavy atom. The molecule has 2 saturated heterocycles. The number of piperidine rings is 1. The molecule has 0 radical (unpaired) electrons. The number of carbonyl (C=O) groups is 1. The van der Waals surface area contributed by atoms with Gasteiger partial charge in [-0.1, -0.05) is 0 Å². The molecule has 1 amide bonds. The summed E-state index contributed by atoms with van der Waals surface area (Å²) in [5.74, 6) is 0.213. The zero-order chi connectivity index (χ0) is 20.0. The van der Waals surface area contributed by atoms with E-state index in [-0.39, 0.29) is 28.6 Å². The minimum atomic E-state index is -4.26. The van der Waals surface area contributed by atoms with Gasteiger partial charge in [0.05, 0.1) is 0 Å². The summed E-state index contributed by atoms with van der Waals surface area (Å²) < 4.78 is 37.2. The van der Waals surface area contributed by atoms with Crippen LogP contribution in [0.5, 0.6) is 0 Å². The molecule has 0 spiro atoms. The number of carbonyl (C=O) groups excluding carboxylic acids is 1. The van der Waals surface area contributed by atoms with E-state index in [0.717, 1.165) is 64.3 Å². The van der Waals surface area contributed by atoms with Crippen LogP contribution in [0, 0.1) is 0 Å². The van der Waals surface area contributed by atoms with Gasteiger partial charge in [0, 0.05) is 68.9 Å². The first-order valence-electron chi connectivity index (χ1n) is 9.72. The summed E-state index contributed by atoms with van der Waals surface area (Å²) in [4.78, 5) is 16.9. The fourth-order valence-electron chi connectivity index (χ4n) is 3.61. The Labute approximate surface area is 168 Å². The van der Waals surface area contributed by atoms with Crippen LogP contribution >= 0.6 is 11.8 Å². The van der Waals surface area contributed by atoms with Crippen molar-refractivity contribution in [2.45, 2.75) is 35.7 Å². The molecule has 2 fully saturated rings. The van der Waals surface area contributed by atoms with Crippen LogP contribution in [0.1, 0.15) is 19.3 Å². The molecule has 9 heteroatoms. The number of halogens is 3. The van der Waals surface area contributed by atoms with Gasteiger partial charge in [0.15, 0.2) is 0 Å². The normalized spacial score (nSPS) is 19.6. The number of thioether (sulfide) groups is 1. The number of hydrogen-bond acceptors (Lipinski definition) is 5. The first-order chi connectivity index (χ1) is 13.4. The lowest BCUT2D eigenvalue weighted by molar-refractivity contribution is -0.132. The maximum Gasteiger partial charge on any atom is 0.446 e. The first-order valence-corrected chi connectivity index (χ1v) is 10.5. The molecular weight excluding hydrogens is 389 g/mol. The van der Waals surface area contributed by atoms with Gasteiger partial charge in [-0.25, -0.2) is 0 Å². The summed E-state index contributed by atoms with van der Waals surface area (Å²) in [5, 5.41) is 6.68. The Hall–Kier alpha value is -1.45. The molecular formula is C19H27F3N4OS. The lowest BCUT2D eigenvalue weighted by atomic mass is 10.0. The van der Waals surface area contributed by atoms with Gasteiger partial charge in [-0.05, 0) is 48.9 Å². The van der Waals surface area contributed by atoms with Crippen LogP contribution in [-0.2, 0) is 4.79 Å². The standard InChI is InChI=1S/C19H27F3N4OS/c20-19(21,22)28-17-3-1-15(2-4-17)24-16-5-11-26(12-6-16)18(27)7-10-25-13-8-23-9-14-25/h1-4,16,23-24H,5-14H2. The summed E-state index contributed by atoms with van der Waals surface area (Å²) in [6, 6.07) is 6.56. The Morgan fingerprint density at radius 3 is 2.36 bits per heavy atom. The third-order valence-corrected chi connectivity index (χ3v) is 5.90. The van der Waals surface area contributed by atoms with Gasteiger partial charge in [-0.15, -0.1) is 0 Å². The fraction of sp³-hybridized carbons (Fsp3) is 0.632. The molecule has 28 heavy (non-hydrogen) atoms. The highest BCUT2D eigenvalue weighted by Gasteiger charge is 2.29. The third-order valence-electron chi connectivity index (χ3n) is 5.16. The van der Waals surface area contributed by atoms with Crippen molar-refractivity contribution in [1.82, 2.24) is 15.1 Å². The number of nitrogens with one attached hydrogen (secondary N) is 2. The van der Waals surface area contributed by atoms with Crippen molar-refractivity contribution < 1.29 is 18.0 Å². The second kappa shape index (κ2) is 9.84. The molecule has 156 valence electrons. The third kappa shape index (κ3) is 6.86. The zero-order valence-electron chi connectivity index (χ0n) is 15.8. The lowest BCUT2D eigenvalue weighted by Crippen LogP contribution is -2.46. The molecule has 0 atom stereocenters. The number of anilines is 1. The molecule has 2 aliphatic rings. The van der Waals surface area contributed by atoms with E-state index in [2.05, 4.69) is 15.5 Å². The second-order valence-corrected chi connectivity index (χ2v) is 8.35. The first kappa shape index (κ1) is 21.3. The largest absolute Gasteiger partial charge is 0.446 e. The Bertz CT molecular complexity index is 627. The monoisotopic (exact) mass is 416 g/mol. The van der Waals surface area contributed by atoms with Gasteiger partial charge in [-0.2, -0.15) is 13.2 Å².